The minimum absolute atomic E-state index is 0.00924. The SMILES string of the molecule is Cc1cc(NS(=O)(=O)c2cccc(Br)c2)c(C(=O)O)[nH]1. The van der Waals surface area contributed by atoms with Crippen molar-refractivity contribution in [1.82, 2.24) is 4.98 Å². The van der Waals surface area contributed by atoms with Crippen molar-refractivity contribution in [2.75, 3.05) is 4.72 Å². The lowest BCUT2D eigenvalue weighted by atomic mass is 10.4. The minimum atomic E-state index is -3.84. The average Bonchev–Trinajstić information content (AvgIpc) is 2.69. The molecular formula is C12H11BrN2O4S. The number of hydrogen-bond acceptors (Lipinski definition) is 3. The van der Waals surface area contributed by atoms with Crippen LogP contribution in [0.25, 0.3) is 0 Å². The largest absolute Gasteiger partial charge is 0.477 e. The maximum atomic E-state index is 12.2. The Labute approximate surface area is 124 Å². The molecule has 2 rings (SSSR count). The summed E-state index contributed by atoms with van der Waals surface area (Å²) < 4.78 is 27.3. The van der Waals surface area contributed by atoms with Crippen molar-refractivity contribution in [3.05, 3.63) is 46.2 Å². The molecule has 20 heavy (non-hydrogen) atoms. The van der Waals surface area contributed by atoms with Crippen LogP contribution in [-0.4, -0.2) is 24.5 Å². The summed E-state index contributed by atoms with van der Waals surface area (Å²) in [6.07, 6.45) is 0. The van der Waals surface area contributed by atoms with Crippen molar-refractivity contribution in [2.24, 2.45) is 0 Å². The van der Waals surface area contributed by atoms with Gasteiger partial charge in [-0.15, -0.1) is 0 Å². The van der Waals surface area contributed by atoms with Crippen molar-refractivity contribution in [1.29, 1.82) is 0 Å². The lowest BCUT2D eigenvalue weighted by Gasteiger charge is -2.07. The van der Waals surface area contributed by atoms with Crippen LogP contribution >= 0.6 is 15.9 Å². The summed E-state index contributed by atoms with van der Waals surface area (Å²) in [6, 6.07) is 7.57. The summed E-state index contributed by atoms with van der Waals surface area (Å²) in [6.45, 7) is 1.64. The number of H-pyrrole nitrogens is 1. The predicted octanol–water partition coefficient (Wildman–Crippen LogP) is 2.58. The van der Waals surface area contributed by atoms with Gasteiger partial charge in [-0.25, -0.2) is 13.2 Å². The van der Waals surface area contributed by atoms with Crippen molar-refractivity contribution >= 4 is 37.6 Å². The van der Waals surface area contributed by atoms with Crippen molar-refractivity contribution < 1.29 is 18.3 Å². The first-order chi connectivity index (χ1) is 9.29. The maximum Gasteiger partial charge on any atom is 0.354 e. The number of carbonyl (C=O) groups is 1. The van der Waals surface area contributed by atoms with Crippen LogP contribution in [-0.2, 0) is 10.0 Å². The van der Waals surface area contributed by atoms with Gasteiger partial charge in [-0.1, -0.05) is 22.0 Å². The van der Waals surface area contributed by atoms with Crippen LogP contribution in [0.5, 0.6) is 0 Å². The van der Waals surface area contributed by atoms with E-state index < -0.39 is 16.0 Å². The van der Waals surface area contributed by atoms with Gasteiger partial charge >= 0.3 is 5.97 Å². The Bertz CT molecular complexity index is 768. The zero-order valence-corrected chi connectivity index (χ0v) is 12.7. The molecule has 0 radical (unpaired) electrons. The molecular weight excluding hydrogens is 348 g/mol. The lowest BCUT2D eigenvalue weighted by molar-refractivity contribution is 0.0692. The molecule has 2 aromatic rings. The molecule has 0 bridgehead atoms. The number of aromatic nitrogens is 1. The normalized spacial score (nSPS) is 11.3. The lowest BCUT2D eigenvalue weighted by Crippen LogP contribution is -2.14. The molecule has 0 saturated carbocycles. The summed E-state index contributed by atoms with van der Waals surface area (Å²) in [5, 5.41) is 9.02. The molecule has 0 fully saturated rings. The first-order valence-electron chi connectivity index (χ1n) is 5.51. The van der Waals surface area contributed by atoms with Crippen LogP contribution in [0.1, 0.15) is 16.2 Å². The number of halogens is 1. The van der Waals surface area contributed by atoms with Gasteiger partial charge in [0, 0.05) is 10.2 Å². The molecule has 8 heteroatoms. The standard InChI is InChI=1S/C12H11BrN2O4S/c1-7-5-10(11(14-7)12(16)17)15-20(18,19)9-4-2-3-8(13)6-9/h2-6,14-15H,1H3,(H,16,17). The average molecular weight is 359 g/mol. The van der Waals surface area contributed by atoms with E-state index >= 15 is 0 Å². The van der Waals surface area contributed by atoms with E-state index in [4.69, 9.17) is 5.11 Å². The molecule has 1 aromatic heterocycles. The Morgan fingerprint density at radius 1 is 1.35 bits per heavy atom. The Balaban J connectivity index is 2.41. The molecule has 6 nitrogen and oxygen atoms in total. The number of carboxylic acid groups (broad SMARTS) is 1. The highest BCUT2D eigenvalue weighted by Crippen LogP contribution is 2.23. The topological polar surface area (TPSA) is 99.3 Å². The van der Waals surface area contributed by atoms with E-state index in [1.165, 1.54) is 18.2 Å². The van der Waals surface area contributed by atoms with E-state index in [1.807, 2.05) is 0 Å². The molecule has 0 aliphatic rings. The predicted molar refractivity (Wildman–Crippen MR) is 77.4 cm³/mol. The van der Waals surface area contributed by atoms with Gasteiger partial charge in [0.05, 0.1) is 10.6 Å². The van der Waals surface area contributed by atoms with Crippen LogP contribution < -0.4 is 4.72 Å². The fourth-order valence-electron chi connectivity index (χ4n) is 1.68. The Hall–Kier alpha value is -1.80. The Morgan fingerprint density at radius 2 is 2.05 bits per heavy atom. The highest BCUT2D eigenvalue weighted by molar-refractivity contribution is 9.10. The number of aromatic amines is 1. The molecule has 3 N–H and O–H groups in total. The first kappa shape index (κ1) is 14.6. The summed E-state index contributed by atoms with van der Waals surface area (Å²) in [5.41, 5.74) is 0.366. The van der Waals surface area contributed by atoms with Gasteiger partial charge in [0.15, 0.2) is 0 Å². The number of aromatic carboxylic acids is 1. The zero-order chi connectivity index (χ0) is 14.9. The molecule has 0 unspecified atom stereocenters. The minimum Gasteiger partial charge on any atom is -0.477 e. The number of rotatable bonds is 4. The highest BCUT2D eigenvalue weighted by Gasteiger charge is 2.20. The van der Waals surface area contributed by atoms with Crippen LogP contribution in [0, 0.1) is 6.92 Å². The zero-order valence-electron chi connectivity index (χ0n) is 10.3. The molecule has 0 amide bonds. The van der Waals surface area contributed by atoms with E-state index in [2.05, 4.69) is 25.6 Å². The third kappa shape index (κ3) is 3.02. The molecule has 0 aliphatic heterocycles. The number of sulfonamides is 1. The van der Waals surface area contributed by atoms with Crippen molar-refractivity contribution in [3.8, 4) is 0 Å². The molecule has 0 atom stereocenters. The number of nitrogens with one attached hydrogen (secondary N) is 2. The molecule has 1 aromatic carbocycles. The van der Waals surface area contributed by atoms with Crippen molar-refractivity contribution in [2.45, 2.75) is 11.8 Å². The number of aryl methyl sites for hydroxylation is 1. The van der Waals surface area contributed by atoms with Crippen LogP contribution in [0.2, 0.25) is 0 Å². The van der Waals surface area contributed by atoms with E-state index in [1.54, 1.807) is 19.1 Å². The van der Waals surface area contributed by atoms with Gasteiger partial charge in [-0.05, 0) is 31.2 Å². The molecule has 106 valence electrons. The smallest absolute Gasteiger partial charge is 0.354 e. The summed E-state index contributed by atoms with van der Waals surface area (Å²) in [7, 11) is -3.84. The van der Waals surface area contributed by atoms with E-state index in [9.17, 15) is 13.2 Å². The van der Waals surface area contributed by atoms with Gasteiger partial charge in [0.2, 0.25) is 0 Å². The number of benzene rings is 1. The maximum absolute atomic E-state index is 12.2. The highest BCUT2D eigenvalue weighted by atomic mass is 79.9. The van der Waals surface area contributed by atoms with Crippen LogP contribution in [0.4, 0.5) is 5.69 Å². The third-order valence-corrected chi connectivity index (χ3v) is 4.37. The monoisotopic (exact) mass is 358 g/mol. The summed E-state index contributed by atoms with van der Waals surface area (Å²) >= 11 is 3.19. The van der Waals surface area contributed by atoms with Crippen LogP contribution in [0.3, 0.4) is 0 Å². The number of anilines is 1. The van der Waals surface area contributed by atoms with E-state index in [0.717, 1.165) is 0 Å². The molecule has 0 spiro atoms. The van der Waals surface area contributed by atoms with Gasteiger partial charge in [-0.2, -0.15) is 0 Å². The second kappa shape index (κ2) is 5.29. The quantitative estimate of drug-likeness (QED) is 0.781. The number of carboxylic acids is 1. The second-order valence-electron chi connectivity index (χ2n) is 4.11. The molecule has 0 saturated heterocycles. The molecule has 1 heterocycles. The fourth-order valence-corrected chi connectivity index (χ4v) is 3.34. The van der Waals surface area contributed by atoms with Crippen molar-refractivity contribution in [3.63, 3.8) is 0 Å². The molecule has 0 aliphatic carbocycles. The van der Waals surface area contributed by atoms with Gasteiger partial charge in [0.1, 0.15) is 5.69 Å². The number of hydrogen-bond donors (Lipinski definition) is 3. The van der Waals surface area contributed by atoms with Gasteiger partial charge < -0.3 is 10.1 Å². The van der Waals surface area contributed by atoms with Gasteiger partial charge in [0.25, 0.3) is 10.0 Å². The Kier molecular flexibility index (Phi) is 3.87. The van der Waals surface area contributed by atoms with E-state index in [-0.39, 0.29) is 16.3 Å². The Morgan fingerprint density at radius 3 is 2.65 bits per heavy atom. The van der Waals surface area contributed by atoms with E-state index in [0.29, 0.717) is 10.2 Å². The third-order valence-electron chi connectivity index (χ3n) is 2.52. The van der Waals surface area contributed by atoms with Gasteiger partial charge in [-0.3, -0.25) is 4.72 Å². The van der Waals surface area contributed by atoms with Crippen LogP contribution in [0.15, 0.2) is 39.7 Å². The fraction of sp³-hybridized carbons (Fsp3) is 0.0833. The summed E-state index contributed by atoms with van der Waals surface area (Å²) in [4.78, 5) is 13.7. The summed E-state index contributed by atoms with van der Waals surface area (Å²) in [5.74, 6) is -1.23. The second-order valence-corrected chi connectivity index (χ2v) is 6.71. The first-order valence-corrected chi connectivity index (χ1v) is 7.78.